The highest BCUT2D eigenvalue weighted by molar-refractivity contribution is 7.56. The lowest BCUT2D eigenvalue weighted by Gasteiger charge is -2.48. The highest BCUT2D eigenvalue weighted by Gasteiger charge is 2.48. The second kappa shape index (κ2) is 9.52. The zero-order valence-corrected chi connectivity index (χ0v) is 17.8. The molecule has 0 spiro atoms. The molecule has 1 N–H and O–H groups in total. The van der Waals surface area contributed by atoms with Gasteiger partial charge < -0.3 is 0 Å². The maximum atomic E-state index is 4.30. The molecule has 4 rings (SSSR count). The van der Waals surface area contributed by atoms with Crippen LogP contribution >= 0.6 is 7.51 Å². The Morgan fingerprint density at radius 1 is 0.385 bits per heavy atom. The first-order valence-electron chi connectivity index (χ1n) is 11.6. The number of rotatable bonds is 4. The first kappa shape index (κ1) is 19.4. The summed E-state index contributed by atoms with van der Waals surface area (Å²) in [6.07, 6.45) is 16.8. The van der Waals surface area contributed by atoms with Gasteiger partial charge in [0.25, 0.3) is 0 Å². The van der Waals surface area contributed by atoms with Crippen LogP contribution in [0, 0.1) is 0 Å². The summed E-state index contributed by atoms with van der Waals surface area (Å²) in [6.45, 7) is 10.3. The van der Waals surface area contributed by atoms with Crippen molar-refractivity contribution in [3.05, 3.63) is 0 Å². The molecule has 4 heterocycles. The minimum absolute atomic E-state index is 1.25. The van der Waals surface area contributed by atoms with E-state index in [1.807, 2.05) is 0 Å². The number of hydrogen-bond donors (Lipinski definition) is 1. The third-order valence-corrected chi connectivity index (χ3v) is 10.9. The zero-order chi connectivity index (χ0) is 17.7. The minimum Gasteiger partial charge on any atom is -0.208 e. The van der Waals surface area contributed by atoms with Crippen LogP contribution in [0.2, 0.25) is 0 Å². The van der Waals surface area contributed by atoms with E-state index in [-0.39, 0.29) is 0 Å². The van der Waals surface area contributed by atoms with Crippen molar-refractivity contribution < 1.29 is 4.85 Å². The van der Waals surface area contributed by atoms with Crippen molar-refractivity contribution in [1.29, 1.82) is 0 Å². The van der Waals surface area contributed by atoms with Crippen LogP contribution < -0.4 is 4.85 Å². The fraction of sp³-hybridized carbons (Fsp3) is 1.00. The Morgan fingerprint density at radius 2 is 0.692 bits per heavy atom. The molecule has 6 heteroatoms. The number of nitrogens with zero attached hydrogens (tertiary/aromatic N) is 4. The number of hydrazine groups is 1. The van der Waals surface area contributed by atoms with E-state index < -0.39 is 7.51 Å². The molecule has 4 aliphatic rings. The van der Waals surface area contributed by atoms with Crippen LogP contribution in [0.4, 0.5) is 0 Å². The molecule has 0 radical (unpaired) electrons. The molecule has 150 valence electrons. The summed E-state index contributed by atoms with van der Waals surface area (Å²) in [5.74, 6) is 0. The van der Waals surface area contributed by atoms with Gasteiger partial charge in [-0.3, -0.25) is 0 Å². The van der Waals surface area contributed by atoms with Gasteiger partial charge in [0.1, 0.15) is 0 Å². The maximum absolute atomic E-state index is 4.30. The molecule has 0 saturated carbocycles. The molecular formula is C20H41N5P+. The molecule has 4 aliphatic heterocycles. The van der Waals surface area contributed by atoms with Crippen LogP contribution in [-0.4, -0.2) is 71.4 Å². The largest absolute Gasteiger partial charge is 0.332 e. The van der Waals surface area contributed by atoms with Crippen LogP contribution in [0.25, 0.3) is 0 Å². The zero-order valence-electron chi connectivity index (χ0n) is 16.9. The van der Waals surface area contributed by atoms with E-state index in [4.69, 9.17) is 0 Å². The highest BCUT2D eigenvalue weighted by atomic mass is 31.2. The van der Waals surface area contributed by atoms with Crippen molar-refractivity contribution in [3.63, 3.8) is 0 Å². The van der Waals surface area contributed by atoms with E-state index in [1.165, 1.54) is 129 Å². The number of nitrogens with one attached hydrogen (secondary N) is 1. The molecule has 0 atom stereocenters. The van der Waals surface area contributed by atoms with Gasteiger partial charge in [0.15, 0.2) is 0 Å². The van der Waals surface area contributed by atoms with Crippen LogP contribution in [-0.2, 0) is 0 Å². The summed E-state index contributed by atoms with van der Waals surface area (Å²) >= 11 is 0. The van der Waals surface area contributed by atoms with Crippen molar-refractivity contribution in [2.24, 2.45) is 0 Å². The predicted octanol–water partition coefficient (Wildman–Crippen LogP) is 2.87. The Labute approximate surface area is 161 Å². The van der Waals surface area contributed by atoms with Gasteiger partial charge >= 0.3 is 7.51 Å². The van der Waals surface area contributed by atoms with Crippen LogP contribution in [0.3, 0.4) is 0 Å². The molecule has 5 nitrogen and oxygen atoms in total. The summed E-state index contributed by atoms with van der Waals surface area (Å²) in [6, 6.07) is 0. The minimum atomic E-state index is -1.61. The first-order valence-corrected chi connectivity index (χ1v) is 13.2. The van der Waals surface area contributed by atoms with Crippen molar-refractivity contribution in [3.8, 4) is 0 Å². The van der Waals surface area contributed by atoms with Gasteiger partial charge in [-0.1, -0.05) is 30.7 Å². The average Bonchev–Trinajstić information content (AvgIpc) is 2.75. The quantitative estimate of drug-likeness (QED) is 0.757. The molecule has 0 aromatic heterocycles. The van der Waals surface area contributed by atoms with Gasteiger partial charge in [0.2, 0.25) is 0 Å². The topological polar surface area (TPSA) is 26.9 Å². The van der Waals surface area contributed by atoms with Crippen molar-refractivity contribution in [2.75, 3.05) is 52.4 Å². The van der Waals surface area contributed by atoms with Gasteiger partial charge in [-0.05, 0) is 51.4 Å². The number of piperidine rings is 4. The van der Waals surface area contributed by atoms with Gasteiger partial charge in [-0.2, -0.15) is 0 Å². The maximum Gasteiger partial charge on any atom is 0.332 e. The molecule has 4 saturated heterocycles. The molecule has 0 aromatic rings. The summed E-state index contributed by atoms with van der Waals surface area (Å²) in [4.78, 5) is 4.30. The molecule has 0 amide bonds. The van der Waals surface area contributed by atoms with Gasteiger partial charge in [-0.15, -0.1) is 4.85 Å². The molecule has 26 heavy (non-hydrogen) atoms. The molecule has 0 aromatic carbocycles. The normalized spacial score (nSPS) is 28.9. The lowest BCUT2D eigenvalue weighted by atomic mass is 10.2. The second-order valence-corrected chi connectivity index (χ2v) is 11.8. The molecular weight excluding hydrogens is 341 g/mol. The van der Waals surface area contributed by atoms with Crippen molar-refractivity contribution in [1.82, 2.24) is 19.0 Å². The van der Waals surface area contributed by atoms with E-state index >= 15 is 0 Å². The lowest BCUT2D eigenvalue weighted by Crippen LogP contribution is -2.84. The number of hydrogen-bond acceptors (Lipinski definition) is 0. The fourth-order valence-corrected chi connectivity index (χ4v) is 9.93. The predicted molar refractivity (Wildman–Crippen MR) is 110 cm³/mol. The van der Waals surface area contributed by atoms with Crippen LogP contribution in [0.1, 0.15) is 77.0 Å². The van der Waals surface area contributed by atoms with E-state index in [0.717, 1.165) is 0 Å². The van der Waals surface area contributed by atoms with E-state index in [0.29, 0.717) is 0 Å². The Hall–Kier alpha value is 0.0700. The van der Waals surface area contributed by atoms with E-state index in [2.05, 4.69) is 23.9 Å². The molecule has 0 aliphatic carbocycles. The average molecular weight is 383 g/mol. The van der Waals surface area contributed by atoms with Gasteiger partial charge in [0.05, 0.1) is 13.1 Å². The lowest BCUT2D eigenvalue weighted by molar-refractivity contribution is -0.637. The summed E-state index contributed by atoms with van der Waals surface area (Å²) in [5, 5.41) is 2.63. The summed E-state index contributed by atoms with van der Waals surface area (Å²) < 4.78 is 8.84. The fourth-order valence-electron chi connectivity index (χ4n) is 5.38. The van der Waals surface area contributed by atoms with Crippen molar-refractivity contribution >= 4 is 7.51 Å². The van der Waals surface area contributed by atoms with Gasteiger partial charge in [-0.25, -0.2) is 14.0 Å². The SMILES string of the molecule is C1CCN([NH+]=P(N2CCCCC2)(N2CCCCC2)N2CCCCC2)CC1. The second-order valence-electron chi connectivity index (χ2n) is 8.76. The third kappa shape index (κ3) is 4.22. The third-order valence-electron chi connectivity index (χ3n) is 6.81. The first-order chi connectivity index (χ1) is 12.9. The Bertz CT molecular complexity index is 420. The van der Waals surface area contributed by atoms with Crippen molar-refractivity contribution in [2.45, 2.75) is 77.0 Å². The Balaban J connectivity index is 1.73. The summed E-state index contributed by atoms with van der Waals surface area (Å²) in [5.41, 5.74) is 0. The smallest absolute Gasteiger partial charge is 0.208 e. The monoisotopic (exact) mass is 382 g/mol. The van der Waals surface area contributed by atoms with E-state index in [1.54, 1.807) is 0 Å². The van der Waals surface area contributed by atoms with Crippen LogP contribution in [0.5, 0.6) is 0 Å². The Morgan fingerprint density at radius 3 is 1.04 bits per heavy atom. The van der Waals surface area contributed by atoms with E-state index in [9.17, 15) is 0 Å². The molecule has 0 bridgehead atoms. The molecule has 4 fully saturated rings. The Kier molecular flexibility index (Phi) is 7.10. The standard InChI is InChI=1S/C20H40N5P/c1-5-13-22(14-6-1)21-26(23-15-7-2-8-16-23,24-17-9-3-10-18-24)25-19-11-4-12-20-25/h1-20H2/p+1. The highest BCUT2D eigenvalue weighted by Crippen LogP contribution is 2.56. The summed E-state index contributed by atoms with van der Waals surface area (Å²) in [7, 11) is -1.61. The van der Waals surface area contributed by atoms with Gasteiger partial charge in [0, 0.05) is 39.3 Å². The molecule has 0 unspecified atom stereocenters. The van der Waals surface area contributed by atoms with Crippen LogP contribution in [0.15, 0.2) is 0 Å².